The van der Waals surface area contributed by atoms with E-state index in [1.54, 1.807) is 0 Å². The van der Waals surface area contributed by atoms with Crippen molar-refractivity contribution < 1.29 is 27.7 Å². The number of aliphatic carboxylic acids is 1. The van der Waals surface area contributed by atoms with Crippen LogP contribution in [0.5, 0.6) is 0 Å². The average molecular weight is 534 g/mol. The monoisotopic (exact) mass is 534 g/mol. The van der Waals surface area contributed by atoms with Gasteiger partial charge in [-0.3, -0.25) is 4.79 Å². The molecule has 0 aromatic rings. The second kappa shape index (κ2) is 13.8. The summed E-state index contributed by atoms with van der Waals surface area (Å²) < 4.78 is 40.5. The van der Waals surface area contributed by atoms with Crippen molar-refractivity contribution in [2.45, 2.75) is 123 Å². The van der Waals surface area contributed by atoms with Gasteiger partial charge in [0.1, 0.15) is 0 Å². The summed E-state index contributed by atoms with van der Waals surface area (Å²) in [7, 11) is 0.137. The summed E-state index contributed by atoms with van der Waals surface area (Å²) in [5.74, 6) is -0.0523. The van der Waals surface area contributed by atoms with Gasteiger partial charge in [-0.25, -0.2) is 0 Å². The number of hydrogen-bond donors (Lipinski definition) is 1. The van der Waals surface area contributed by atoms with E-state index < -0.39 is 23.5 Å². The smallest absolute Gasteiger partial charge is 0.306 e. The molecule has 0 aromatic carbocycles. The first-order valence-corrected chi connectivity index (χ1v) is 14.9. The molecular formula is C25H48B2O6S2. The second-order valence-corrected chi connectivity index (χ2v) is 12.7. The number of carboxylic acid groups (broad SMARTS) is 1. The highest BCUT2D eigenvalue weighted by Gasteiger charge is 2.52. The summed E-state index contributed by atoms with van der Waals surface area (Å²) in [5, 5.41) is 9.29. The van der Waals surface area contributed by atoms with Crippen molar-refractivity contribution in [2.75, 3.05) is 6.61 Å². The van der Waals surface area contributed by atoms with E-state index in [0.29, 0.717) is 50.0 Å². The molecule has 6 nitrogen and oxygen atoms in total. The van der Waals surface area contributed by atoms with Crippen LogP contribution in [-0.2, 0) is 22.6 Å². The summed E-state index contributed by atoms with van der Waals surface area (Å²) >= 11 is 2.16. The molecule has 1 aliphatic carbocycles. The highest BCUT2D eigenvalue weighted by Crippen LogP contribution is 2.50. The third-order valence-electron chi connectivity index (χ3n) is 7.98. The van der Waals surface area contributed by atoms with Crippen LogP contribution in [0.25, 0.3) is 0 Å². The van der Waals surface area contributed by atoms with E-state index >= 15 is 0 Å². The standard InChI is InChI=1S/C25H48B2O6S2/c1-17(2)21-10-9-18(3)15-25(21)30-13-11-20(31-25)16-24(33-35-27,23(4,5)6)12-7-8-19(32-34-26)14-22(28)29/h17-21H,7-16,26-27H2,1-6H3,(H,28,29)/t18-,19-,20+,21+,24?,25+/m1/s1/i26T,27T. The molecule has 0 amide bonds. The molecule has 6 atom stereocenters. The third-order valence-corrected chi connectivity index (χ3v) is 8.83. The lowest BCUT2D eigenvalue weighted by atomic mass is 9.69. The zero-order valence-electron chi connectivity index (χ0n) is 24.7. The van der Waals surface area contributed by atoms with Crippen LogP contribution in [0.3, 0.4) is 0 Å². The molecule has 1 spiro atoms. The van der Waals surface area contributed by atoms with Gasteiger partial charge < -0.3 is 22.9 Å². The lowest BCUT2D eigenvalue weighted by molar-refractivity contribution is -0.343. The van der Waals surface area contributed by atoms with Crippen molar-refractivity contribution >= 4 is 43.9 Å². The van der Waals surface area contributed by atoms with Crippen LogP contribution in [0.4, 0.5) is 0 Å². The van der Waals surface area contributed by atoms with Crippen LogP contribution in [0.1, 0.15) is 99.3 Å². The summed E-state index contributed by atoms with van der Waals surface area (Å²) in [6.45, 7) is 14.0. The summed E-state index contributed by atoms with van der Waals surface area (Å²) in [6, 6.07) is 0. The zero-order chi connectivity index (χ0) is 27.7. The van der Waals surface area contributed by atoms with Crippen molar-refractivity contribution in [2.24, 2.45) is 23.2 Å². The van der Waals surface area contributed by atoms with E-state index in [-0.39, 0.29) is 32.1 Å². The van der Waals surface area contributed by atoms with Gasteiger partial charge in [-0.2, -0.15) is 0 Å². The number of carbonyl (C=O) groups is 1. The molecule has 10 heteroatoms. The SMILES string of the molecule is [3H]BSO[C@H](CCCC(C[C@@H]1CCO[C@@]2(C[C@H](C)CC[C@H]2C(C)C)O1)(OSB[3H])C(C)(C)C)CC(=O)O. The number of rotatable bonds is 15. The zero-order valence-corrected chi connectivity index (χ0v) is 24.3. The Balaban J connectivity index is 2.23. The van der Waals surface area contributed by atoms with Crippen LogP contribution < -0.4 is 0 Å². The maximum atomic E-state index is 11.3. The summed E-state index contributed by atoms with van der Waals surface area (Å²) in [6.07, 6.45) is 6.16. The lowest BCUT2D eigenvalue weighted by Crippen LogP contribution is -2.57. The Hall–Kier alpha value is 0.140. The van der Waals surface area contributed by atoms with E-state index in [1.807, 2.05) is 0 Å². The Morgan fingerprint density at radius 1 is 1.26 bits per heavy atom. The second-order valence-electron chi connectivity index (χ2n) is 11.9. The van der Waals surface area contributed by atoms with Gasteiger partial charge in [-0.1, -0.05) is 71.8 Å². The molecule has 0 bridgehead atoms. The van der Waals surface area contributed by atoms with Gasteiger partial charge in [0.2, 0.25) is 14.2 Å². The topological polar surface area (TPSA) is 74.2 Å². The minimum atomic E-state index is -0.902. The van der Waals surface area contributed by atoms with E-state index in [9.17, 15) is 9.90 Å². The Morgan fingerprint density at radius 3 is 2.63 bits per heavy atom. The van der Waals surface area contributed by atoms with Gasteiger partial charge in [0, 0.05) is 18.8 Å². The summed E-state index contributed by atoms with van der Waals surface area (Å²) in [5.41, 5.74) is -0.799. The summed E-state index contributed by atoms with van der Waals surface area (Å²) in [4.78, 5) is 11.3. The lowest BCUT2D eigenvalue weighted by Gasteiger charge is -2.53. The van der Waals surface area contributed by atoms with Crippen molar-refractivity contribution in [1.29, 1.82) is 2.67 Å². The van der Waals surface area contributed by atoms with Gasteiger partial charge in [0.25, 0.3) is 0 Å². The predicted molar refractivity (Wildman–Crippen MR) is 151 cm³/mol. The van der Waals surface area contributed by atoms with Crippen LogP contribution >= 0.6 is 23.8 Å². The van der Waals surface area contributed by atoms with E-state index in [1.165, 1.54) is 18.3 Å². The molecule has 202 valence electrons. The number of ether oxygens (including phenoxy) is 2. The molecule has 1 N–H and O–H groups in total. The quantitative estimate of drug-likeness (QED) is 0.227. The van der Waals surface area contributed by atoms with Crippen LogP contribution in [0.2, 0.25) is 0 Å². The fourth-order valence-corrected chi connectivity index (χ4v) is 6.99. The Labute approximate surface area is 226 Å². The normalized spacial score (nSPS) is 30.9. The number of carboxylic acids is 1. The van der Waals surface area contributed by atoms with E-state index in [2.05, 4.69) is 41.5 Å². The Kier molecular flexibility index (Phi) is 11.1. The molecule has 2 aliphatic rings. The first kappa shape index (κ1) is 28.2. The van der Waals surface area contributed by atoms with Gasteiger partial charge in [-0.15, -0.1) is 0 Å². The van der Waals surface area contributed by atoms with Gasteiger partial charge in [0.15, 0.2) is 5.79 Å². The molecule has 1 heterocycles. The Bertz CT molecular complexity index is 705. The minimum Gasteiger partial charge on any atom is -0.481 e. The van der Waals surface area contributed by atoms with E-state index in [0.717, 1.165) is 31.2 Å². The first-order valence-electron chi connectivity index (χ1n) is 14.5. The molecule has 2 fully saturated rings. The molecule has 1 saturated carbocycles. The molecular weight excluding hydrogens is 482 g/mol. The molecule has 1 aliphatic heterocycles. The minimum absolute atomic E-state index is 0.0178. The fourth-order valence-electron chi connectivity index (χ4n) is 6.00. The molecule has 35 heavy (non-hydrogen) atoms. The third kappa shape index (κ3) is 8.57. The fraction of sp³-hybridized carbons (Fsp3) is 0.960. The van der Waals surface area contributed by atoms with Crippen LogP contribution in [0.15, 0.2) is 0 Å². The van der Waals surface area contributed by atoms with Crippen molar-refractivity contribution in [3.05, 3.63) is 0 Å². The van der Waals surface area contributed by atoms with E-state index in [4.69, 9.17) is 20.5 Å². The molecule has 1 saturated heterocycles. The largest absolute Gasteiger partial charge is 0.481 e. The highest BCUT2D eigenvalue weighted by molar-refractivity contribution is 8.16. The first-order chi connectivity index (χ1) is 17.4. The predicted octanol–water partition coefficient (Wildman–Crippen LogP) is 5.19. The molecule has 0 aromatic heterocycles. The maximum Gasteiger partial charge on any atom is 0.306 e. The average Bonchev–Trinajstić information content (AvgIpc) is 2.79. The molecule has 1 unspecified atom stereocenters. The highest BCUT2D eigenvalue weighted by atomic mass is 32.2. The van der Waals surface area contributed by atoms with Gasteiger partial charge >= 0.3 is 5.97 Å². The Morgan fingerprint density at radius 2 is 2.00 bits per heavy atom. The van der Waals surface area contributed by atoms with Crippen LogP contribution in [0, 0.1) is 23.2 Å². The van der Waals surface area contributed by atoms with Gasteiger partial charge in [0.05, 0.1) is 30.8 Å². The van der Waals surface area contributed by atoms with Crippen LogP contribution in [-0.4, -0.2) is 58.1 Å². The molecule has 2 rings (SSSR count). The van der Waals surface area contributed by atoms with Gasteiger partial charge in [-0.05, 0) is 52.0 Å². The van der Waals surface area contributed by atoms with Crippen molar-refractivity contribution in [3.63, 3.8) is 0 Å². The number of hydrogen-bond acceptors (Lipinski definition) is 7. The van der Waals surface area contributed by atoms with Crippen molar-refractivity contribution in [1.82, 2.24) is 0 Å². The maximum absolute atomic E-state index is 11.3. The van der Waals surface area contributed by atoms with Crippen molar-refractivity contribution in [3.8, 4) is 0 Å². The molecule has 0 radical (unpaired) electrons.